The molecule has 0 N–H and O–H groups in total. The van der Waals surface area contributed by atoms with Crippen LogP contribution in [0.3, 0.4) is 0 Å². The van der Waals surface area contributed by atoms with Crippen molar-refractivity contribution >= 4 is 35.7 Å². The molecule has 0 aromatic heterocycles. The minimum absolute atomic E-state index is 0.110. The lowest BCUT2D eigenvalue weighted by molar-refractivity contribution is 0.00379. The van der Waals surface area contributed by atoms with Gasteiger partial charge in [-0.05, 0) is 50.1 Å². The number of halogens is 1. The summed E-state index contributed by atoms with van der Waals surface area (Å²) in [6, 6.07) is 8.29. The van der Waals surface area contributed by atoms with E-state index in [9.17, 15) is 22.4 Å². The Bertz CT molecular complexity index is 1090. The number of hydrogen-bond acceptors (Lipinski definition) is 4. The minimum atomic E-state index is -4.60. The second kappa shape index (κ2) is 6.72. The van der Waals surface area contributed by atoms with Gasteiger partial charge in [0.2, 0.25) is 0 Å². The summed E-state index contributed by atoms with van der Waals surface area (Å²) >= 11 is 5.78. The van der Waals surface area contributed by atoms with E-state index in [0.717, 1.165) is 11.6 Å². The van der Waals surface area contributed by atoms with E-state index >= 15 is 0 Å². The van der Waals surface area contributed by atoms with Gasteiger partial charge in [0.25, 0.3) is 19.7 Å². The summed E-state index contributed by atoms with van der Waals surface area (Å²) in [7, 11) is -9.17. The molecule has 0 saturated carbocycles. The highest BCUT2D eigenvalue weighted by Crippen LogP contribution is 2.27. The molecule has 0 spiro atoms. The predicted octanol–water partition coefficient (Wildman–Crippen LogP) is 3.10. The fourth-order valence-corrected chi connectivity index (χ4v) is 6.71. The molecule has 0 aliphatic heterocycles. The number of benzene rings is 2. The smallest absolute Gasteiger partial charge is 0.359 e. The summed E-state index contributed by atoms with van der Waals surface area (Å²) in [5.41, 5.74) is 10.8. The second-order valence-electron chi connectivity index (χ2n) is 5.56. The van der Waals surface area contributed by atoms with Crippen molar-refractivity contribution in [3.63, 3.8) is 0 Å². The lowest BCUT2D eigenvalue weighted by Crippen LogP contribution is -2.27. The summed E-state index contributed by atoms with van der Waals surface area (Å²) < 4.78 is 49.9. The van der Waals surface area contributed by atoms with Gasteiger partial charge < -0.3 is 5.53 Å². The average molecular weight is 399 g/mol. The van der Waals surface area contributed by atoms with Crippen LogP contribution in [0.4, 0.5) is 0 Å². The summed E-state index contributed by atoms with van der Waals surface area (Å²) in [6.45, 7) is 4.89. The zero-order chi connectivity index (χ0) is 19.0. The van der Waals surface area contributed by atoms with E-state index in [4.69, 9.17) is 11.6 Å². The molecule has 0 unspecified atom stereocenters. The highest BCUT2D eigenvalue weighted by Gasteiger charge is 2.45. The van der Waals surface area contributed by atoms with Crippen molar-refractivity contribution in [2.24, 2.45) is 0 Å². The van der Waals surface area contributed by atoms with E-state index in [-0.39, 0.29) is 14.8 Å². The summed E-state index contributed by atoms with van der Waals surface area (Å²) in [5.74, 6) is 0. The first-order valence-corrected chi connectivity index (χ1v) is 10.4. The van der Waals surface area contributed by atoms with Gasteiger partial charge in [-0.3, -0.25) is 0 Å². The van der Waals surface area contributed by atoms with Crippen LogP contribution in [-0.4, -0.2) is 26.0 Å². The molecule has 0 radical (unpaired) electrons. The molecule has 0 fully saturated rings. The number of aryl methyl sites for hydroxylation is 3. The average Bonchev–Trinajstić information content (AvgIpc) is 2.45. The molecular formula is C16H15ClN2O4S2. The Morgan fingerprint density at radius 2 is 1.52 bits per heavy atom. The van der Waals surface area contributed by atoms with Crippen molar-refractivity contribution in [2.75, 3.05) is 0 Å². The van der Waals surface area contributed by atoms with Crippen molar-refractivity contribution in [2.45, 2.75) is 30.6 Å². The normalized spacial score (nSPS) is 11.8. The number of rotatable bonds is 2. The summed E-state index contributed by atoms with van der Waals surface area (Å²) in [4.78, 5) is 2.04. The third-order valence-electron chi connectivity index (χ3n) is 3.52. The molecule has 25 heavy (non-hydrogen) atoms. The molecule has 6 nitrogen and oxygen atoms in total. The van der Waals surface area contributed by atoms with Crippen LogP contribution >= 0.6 is 11.6 Å². The van der Waals surface area contributed by atoms with Crippen LogP contribution in [0.25, 0.3) is 5.53 Å². The Labute approximate surface area is 151 Å². The van der Waals surface area contributed by atoms with E-state index in [1.807, 2.05) is 0 Å². The molecule has 2 rings (SSSR count). The molecule has 2 aromatic rings. The standard InChI is InChI=1S/C16H15ClN2O4S2/c1-10-7-11(2)15(12(3)8-10)25(22,23)16(19-18)24(20,21)14-6-4-5-13(17)9-14/h4-9H,1-3H3. The Morgan fingerprint density at radius 3 is 2.00 bits per heavy atom. The van der Waals surface area contributed by atoms with Crippen LogP contribution in [0.2, 0.25) is 5.02 Å². The molecule has 0 atom stereocenters. The van der Waals surface area contributed by atoms with Gasteiger partial charge in [-0.2, -0.15) is 0 Å². The zero-order valence-corrected chi connectivity index (χ0v) is 16.1. The quantitative estimate of drug-likeness (QED) is 0.335. The molecule has 0 bridgehead atoms. The van der Waals surface area contributed by atoms with Crippen molar-refractivity contribution in [3.8, 4) is 0 Å². The van der Waals surface area contributed by atoms with Crippen LogP contribution in [0, 0.1) is 20.8 Å². The Balaban J connectivity index is 2.76. The number of nitrogens with zero attached hydrogens (tertiary/aromatic N) is 2. The largest absolute Gasteiger partial charge is 0.504 e. The van der Waals surface area contributed by atoms with Crippen molar-refractivity contribution in [3.05, 3.63) is 63.6 Å². The summed E-state index contributed by atoms with van der Waals surface area (Å²) in [5, 5.41) is 0.110. The van der Waals surface area contributed by atoms with E-state index in [2.05, 4.69) is 4.79 Å². The third kappa shape index (κ3) is 3.52. The van der Waals surface area contributed by atoms with Gasteiger partial charge in [0.05, 0.1) is 9.79 Å². The van der Waals surface area contributed by atoms with Crippen LogP contribution < -0.4 is 0 Å². The van der Waals surface area contributed by atoms with E-state index in [1.165, 1.54) is 18.2 Å². The number of hydrogen-bond donors (Lipinski definition) is 0. The third-order valence-corrected chi connectivity index (χ3v) is 8.21. The van der Waals surface area contributed by atoms with Gasteiger partial charge in [-0.1, -0.05) is 35.4 Å². The second-order valence-corrected chi connectivity index (χ2v) is 9.92. The maximum absolute atomic E-state index is 12.9. The molecule has 132 valence electrons. The van der Waals surface area contributed by atoms with E-state index < -0.39 is 24.1 Å². The highest BCUT2D eigenvalue weighted by atomic mass is 35.5. The first-order chi connectivity index (χ1) is 11.5. The summed E-state index contributed by atoms with van der Waals surface area (Å²) in [6.07, 6.45) is 0. The lowest BCUT2D eigenvalue weighted by atomic mass is 10.1. The Morgan fingerprint density at radius 1 is 0.960 bits per heavy atom. The molecule has 0 aliphatic carbocycles. The van der Waals surface area contributed by atoms with Gasteiger partial charge in [0, 0.05) is 5.02 Å². The zero-order valence-electron chi connectivity index (χ0n) is 13.7. The fourth-order valence-electron chi connectivity index (χ4n) is 2.66. The topological polar surface area (TPSA) is 105 Å². The first-order valence-electron chi connectivity index (χ1n) is 7.07. The van der Waals surface area contributed by atoms with Crippen LogP contribution in [0.1, 0.15) is 16.7 Å². The number of sulfone groups is 2. The van der Waals surface area contributed by atoms with Crippen LogP contribution in [-0.2, 0) is 19.7 Å². The monoisotopic (exact) mass is 398 g/mol. The van der Waals surface area contributed by atoms with E-state index in [0.29, 0.717) is 11.1 Å². The highest BCUT2D eigenvalue weighted by molar-refractivity contribution is 8.31. The van der Waals surface area contributed by atoms with Crippen molar-refractivity contribution in [1.29, 1.82) is 0 Å². The van der Waals surface area contributed by atoms with Gasteiger partial charge >= 0.3 is 4.38 Å². The fraction of sp³-hybridized carbons (Fsp3) is 0.188. The SMILES string of the molecule is Cc1cc(C)c(S(=O)(=O)C(=[N+]=[N-])S(=O)(=O)c2cccc(Cl)c2)c(C)c1. The molecule has 0 heterocycles. The Hall–Kier alpha value is -1.99. The van der Waals surface area contributed by atoms with Gasteiger partial charge in [0.1, 0.15) is 0 Å². The van der Waals surface area contributed by atoms with Gasteiger partial charge in [-0.15, -0.1) is 4.79 Å². The molecule has 9 heteroatoms. The van der Waals surface area contributed by atoms with Gasteiger partial charge in [-0.25, -0.2) is 16.8 Å². The molecule has 0 aliphatic rings. The minimum Gasteiger partial charge on any atom is -0.359 e. The molecule has 2 aromatic carbocycles. The Kier molecular flexibility index (Phi) is 5.20. The van der Waals surface area contributed by atoms with Gasteiger partial charge in [0.15, 0.2) is 0 Å². The van der Waals surface area contributed by atoms with Crippen molar-refractivity contribution < 1.29 is 21.6 Å². The molecule has 0 saturated heterocycles. The molecular weight excluding hydrogens is 384 g/mol. The first kappa shape index (κ1) is 19.3. The van der Waals surface area contributed by atoms with Crippen LogP contribution in [0.5, 0.6) is 0 Å². The van der Waals surface area contributed by atoms with Crippen LogP contribution in [0.15, 0.2) is 46.2 Å². The van der Waals surface area contributed by atoms with E-state index in [1.54, 1.807) is 32.9 Å². The maximum Gasteiger partial charge on any atom is 0.504 e. The van der Waals surface area contributed by atoms with Crippen molar-refractivity contribution in [1.82, 2.24) is 0 Å². The maximum atomic E-state index is 12.9. The molecule has 0 amide bonds. The predicted molar refractivity (Wildman–Crippen MR) is 95.1 cm³/mol. The lowest BCUT2D eigenvalue weighted by Gasteiger charge is -2.10.